The van der Waals surface area contributed by atoms with Crippen molar-refractivity contribution >= 4 is 11.3 Å². The number of aryl methyl sites for hydroxylation is 1. The number of hydrogen-bond acceptors (Lipinski definition) is 4. The van der Waals surface area contributed by atoms with Gasteiger partial charge in [-0.15, -0.1) is 11.3 Å². The quantitative estimate of drug-likeness (QED) is 0.899. The fourth-order valence-electron chi connectivity index (χ4n) is 1.58. The summed E-state index contributed by atoms with van der Waals surface area (Å²) in [7, 11) is 0. The maximum absolute atomic E-state index is 9.40. The normalized spacial score (nSPS) is 12.4. The first-order valence-electron chi connectivity index (χ1n) is 6.03. The molecule has 0 bridgehead atoms. The molecule has 0 saturated heterocycles. The molecular weight excluding hydrogens is 246 g/mol. The molecule has 0 radical (unpaired) electrons. The number of rotatable bonds is 5. The van der Waals surface area contributed by atoms with Gasteiger partial charge >= 0.3 is 0 Å². The molecule has 0 fully saturated rings. The third kappa shape index (κ3) is 3.31. The van der Waals surface area contributed by atoms with Crippen molar-refractivity contribution < 1.29 is 9.84 Å². The van der Waals surface area contributed by atoms with Gasteiger partial charge in [0.2, 0.25) is 0 Å². The highest BCUT2D eigenvalue weighted by atomic mass is 32.1. The van der Waals surface area contributed by atoms with Gasteiger partial charge < -0.3 is 9.84 Å². The van der Waals surface area contributed by atoms with Gasteiger partial charge in [-0.3, -0.25) is 0 Å². The summed E-state index contributed by atoms with van der Waals surface area (Å²) in [5.74, 6) is 0.797. The second kappa shape index (κ2) is 5.98. The van der Waals surface area contributed by atoms with E-state index in [-0.39, 0.29) is 0 Å². The zero-order chi connectivity index (χ0) is 13.0. The largest absolute Gasteiger partial charge is 0.487 e. The minimum Gasteiger partial charge on any atom is -0.487 e. The highest BCUT2D eigenvalue weighted by molar-refractivity contribution is 7.09. The van der Waals surface area contributed by atoms with Crippen LogP contribution in [0.4, 0.5) is 0 Å². The third-order valence-electron chi connectivity index (χ3n) is 2.65. The van der Waals surface area contributed by atoms with Gasteiger partial charge in [0.25, 0.3) is 0 Å². The fraction of sp³-hybridized carbons (Fsp3) is 0.357. The van der Waals surface area contributed by atoms with Crippen molar-refractivity contribution in [1.82, 2.24) is 4.98 Å². The lowest BCUT2D eigenvalue weighted by Gasteiger charge is -2.07. The number of hydrogen-bond donors (Lipinski definition) is 1. The average molecular weight is 263 g/mol. The predicted octanol–water partition coefficient (Wildman–Crippen LogP) is 3.34. The molecule has 1 heterocycles. The molecule has 18 heavy (non-hydrogen) atoms. The predicted molar refractivity (Wildman–Crippen MR) is 72.9 cm³/mol. The van der Waals surface area contributed by atoms with Crippen LogP contribution in [0, 0.1) is 0 Å². The molecule has 0 saturated carbocycles. The Kier molecular flexibility index (Phi) is 4.33. The smallest absolute Gasteiger partial charge is 0.131 e. The number of thiazole rings is 1. The van der Waals surface area contributed by atoms with Crippen LogP contribution in [0.15, 0.2) is 29.6 Å². The number of aliphatic hydroxyl groups is 1. The van der Waals surface area contributed by atoms with Crippen molar-refractivity contribution in [1.29, 1.82) is 0 Å². The Morgan fingerprint density at radius 2 is 2.06 bits per heavy atom. The molecule has 1 N–H and O–H groups in total. The van der Waals surface area contributed by atoms with Gasteiger partial charge in [0.15, 0.2) is 0 Å². The van der Waals surface area contributed by atoms with Crippen LogP contribution in [-0.2, 0) is 13.0 Å². The van der Waals surface area contributed by atoms with E-state index >= 15 is 0 Å². The van der Waals surface area contributed by atoms with E-state index in [1.165, 1.54) is 0 Å². The molecule has 2 rings (SSSR count). The number of benzene rings is 1. The van der Waals surface area contributed by atoms with Crippen LogP contribution in [0.5, 0.6) is 5.75 Å². The van der Waals surface area contributed by atoms with Crippen LogP contribution in [0.2, 0.25) is 0 Å². The molecule has 1 aromatic heterocycles. The summed E-state index contributed by atoms with van der Waals surface area (Å²) in [6, 6.07) is 7.49. The van der Waals surface area contributed by atoms with Gasteiger partial charge in [-0.25, -0.2) is 4.98 Å². The third-order valence-corrected chi connectivity index (χ3v) is 3.69. The SMILES string of the molecule is CCc1nc(COc2ccc([C@H](C)O)cc2)cs1. The topological polar surface area (TPSA) is 42.4 Å². The van der Waals surface area contributed by atoms with Gasteiger partial charge in [-0.1, -0.05) is 19.1 Å². The van der Waals surface area contributed by atoms with Gasteiger partial charge in [0.1, 0.15) is 12.4 Å². The second-order valence-electron chi connectivity index (χ2n) is 4.12. The fourth-order valence-corrected chi connectivity index (χ4v) is 2.31. The lowest BCUT2D eigenvalue weighted by atomic mass is 10.1. The summed E-state index contributed by atoms with van der Waals surface area (Å²) in [6.07, 6.45) is 0.526. The van der Waals surface area contributed by atoms with Crippen molar-refractivity contribution in [2.75, 3.05) is 0 Å². The van der Waals surface area contributed by atoms with E-state index in [1.54, 1.807) is 18.3 Å². The first-order chi connectivity index (χ1) is 8.69. The summed E-state index contributed by atoms with van der Waals surface area (Å²) < 4.78 is 5.65. The van der Waals surface area contributed by atoms with E-state index < -0.39 is 6.10 Å². The second-order valence-corrected chi connectivity index (χ2v) is 5.06. The Labute approximate surface area is 111 Å². The van der Waals surface area contributed by atoms with Crippen LogP contribution in [0.1, 0.15) is 36.2 Å². The zero-order valence-corrected chi connectivity index (χ0v) is 11.4. The minimum atomic E-state index is -0.440. The molecule has 0 aliphatic carbocycles. The van der Waals surface area contributed by atoms with E-state index in [0.29, 0.717) is 6.61 Å². The van der Waals surface area contributed by atoms with Crippen molar-refractivity contribution in [2.24, 2.45) is 0 Å². The first-order valence-corrected chi connectivity index (χ1v) is 6.91. The monoisotopic (exact) mass is 263 g/mol. The zero-order valence-electron chi connectivity index (χ0n) is 10.6. The Morgan fingerprint density at radius 3 is 2.61 bits per heavy atom. The number of nitrogens with zero attached hydrogens (tertiary/aromatic N) is 1. The molecule has 1 aromatic carbocycles. The minimum absolute atomic E-state index is 0.440. The van der Waals surface area contributed by atoms with Gasteiger partial charge in [0.05, 0.1) is 16.8 Å². The summed E-state index contributed by atoms with van der Waals surface area (Å²) in [4.78, 5) is 4.44. The molecule has 96 valence electrons. The van der Waals surface area contributed by atoms with Crippen LogP contribution in [-0.4, -0.2) is 10.1 Å². The molecule has 0 aliphatic heterocycles. The molecule has 3 nitrogen and oxygen atoms in total. The summed E-state index contributed by atoms with van der Waals surface area (Å²) in [5.41, 5.74) is 1.86. The van der Waals surface area contributed by atoms with Gasteiger partial charge in [-0.2, -0.15) is 0 Å². The molecular formula is C14H17NO2S. The molecule has 0 spiro atoms. The van der Waals surface area contributed by atoms with Crippen molar-refractivity contribution in [3.8, 4) is 5.75 Å². The summed E-state index contributed by atoms with van der Waals surface area (Å²) in [5, 5.41) is 12.6. The highest BCUT2D eigenvalue weighted by Gasteiger charge is 2.03. The molecule has 1 atom stereocenters. The van der Waals surface area contributed by atoms with Crippen LogP contribution in [0.25, 0.3) is 0 Å². The van der Waals surface area contributed by atoms with Gasteiger partial charge in [0, 0.05) is 5.38 Å². The Balaban J connectivity index is 1.93. The molecule has 4 heteroatoms. The maximum atomic E-state index is 9.40. The van der Waals surface area contributed by atoms with Crippen LogP contribution >= 0.6 is 11.3 Å². The Bertz CT molecular complexity index is 491. The lowest BCUT2D eigenvalue weighted by molar-refractivity contribution is 0.199. The summed E-state index contributed by atoms with van der Waals surface area (Å²) >= 11 is 1.67. The number of ether oxygens (including phenoxy) is 1. The Morgan fingerprint density at radius 1 is 1.33 bits per heavy atom. The van der Waals surface area contributed by atoms with E-state index in [9.17, 15) is 5.11 Å². The first kappa shape index (κ1) is 13.1. The molecule has 0 amide bonds. The van der Waals surface area contributed by atoms with Crippen molar-refractivity contribution in [3.05, 3.63) is 45.9 Å². The molecule has 2 aromatic rings. The standard InChI is InChI=1S/C14H17NO2S/c1-3-14-15-12(9-18-14)8-17-13-6-4-11(5-7-13)10(2)16/h4-7,9-10,16H,3,8H2,1-2H3/t10-/m0/s1. The van der Waals surface area contributed by atoms with Crippen LogP contribution < -0.4 is 4.74 Å². The van der Waals surface area contributed by atoms with Crippen molar-refractivity contribution in [2.45, 2.75) is 33.0 Å². The highest BCUT2D eigenvalue weighted by Crippen LogP contribution is 2.19. The number of aliphatic hydroxyl groups excluding tert-OH is 1. The van der Waals surface area contributed by atoms with E-state index in [2.05, 4.69) is 11.9 Å². The van der Waals surface area contributed by atoms with E-state index in [4.69, 9.17) is 4.74 Å². The molecule has 0 unspecified atom stereocenters. The van der Waals surface area contributed by atoms with Gasteiger partial charge in [-0.05, 0) is 31.0 Å². The average Bonchev–Trinajstić information content (AvgIpc) is 2.85. The van der Waals surface area contributed by atoms with Crippen LogP contribution in [0.3, 0.4) is 0 Å². The Hall–Kier alpha value is -1.39. The number of aromatic nitrogens is 1. The van der Waals surface area contributed by atoms with E-state index in [1.807, 2.05) is 29.6 Å². The maximum Gasteiger partial charge on any atom is 0.131 e. The molecule has 0 aliphatic rings. The van der Waals surface area contributed by atoms with E-state index in [0.717, 1.165) is 28.4 Å². The lowest BCUT2D eigenvalue weighted by Crippen LogP contribution is -1.97. The van der Waals surface area contributed by atoms with Crippen molar-refractivity contribution in [3.63, 3.8) is 0 Å². The summed E-state index contributed by atoms with van der Waals surface area (Å²) in [6.45, 7) is 4.33.